The Hall–Kier alpha value is -3.36. The van der Waals surface area contributed by atoms with E-state index in [0.29, 0.717) is 10.7 Å². The number of anilines is 1. The van der Waals surface area contributed by atoms with Crippen molar-refractivity contribution in [3.63, 3.8) is 0 Å². The fraction of sp³-hybridized carbons (Fsp3) is 0.259. The number of hydrogen-bond acceptors (Lipinski definition) is 4. The van der Waals surface area contributed by atoms with E-state index in [1.807, 2.05) is 19.9 Å². The lowest BCUT2D eigenvalue weighted by Gasteiger charge is -2.32. The number of hydrogen-bond donors (Lipinski definition) is 1. The molecular formula is C27H30ClN3O4S. The van der Waals surface area contributed by atoms with E-state index in [1.165, 1.54) is 24.1 Å². The molecule has 3 aromatic carbocycles. The van der Waals surface area contributed by atoms with Crippen LogP contribution >= 0.6 is 11.6 Å². The van der Waals surface area contributed by atoms with E-state index in [9.17, 15) is 18.0 Å². The summed E-state index contributed by atoms with van der Waals surface area (Å²) in [5.41, 5.74) is 2.89. The van der Waals surface area contributed by atoms with Gasteiger partial charge >= 0.3 is 0 Å². The Balaban J connectivity index is 2.02. The molecule has 0 aliphatic carbocycles. The van der Waals surface area contributed by atoms with Gasteiger partial charge in [-0.3, -0.25) is 13.9 Å². The molecule has 0 aromatic heterocycles. The molecule has 3 rings (SSSR count). The van der Waals surface area contributed by atoms with Gasteiger partial charge in [0.15, 0.2) is 0 Å². The number of benzene rings is 3. The first kappa shape index (κ1) is 27.2. The molecule has 7 nitrogen and oxygen atoms in total. The van der Waals surface area contributed by atoms with Crippen LogP contribution in [0.5, 0.6) is 0 Å². The number of nitrogens with zero attached hydrogens (tertiary/aromatic N) is 2. The molecule has 0 saturated carbocycles. The van der Waals surface area contributed by atoms with Crippen molar-refractivity contribution in [3.05, 3.63) is 94.5 Å². The van der Waals surface area contributed by atoms with Crippen molar-refractivity contribution in [1.29, 1.82) is 0 Å². The second-order valence-electron chi connectivity index (χ2n) is 8.60. The maximum absolute atomic E-state index is 13.7. The number of carbonyl (C=O) groups excluding carboxylic acids is 2. The lowest BCUT2D eigenvalue weighted by molar-refractivity contribution is -0.139. The van der Waals surface area contributed by atoms with Crippen LogP contribution in [0.25, 0.3) is 0 Å². The van der Waals surface area contributed by atoms with Gasteiger partial charge in [-0.1, -0.05) is 53.6 Å². The molecule has 0 heterocycles. The predicted molar refractivity (Wildman–Crippen MR) is 142 cm³/mol. The highest BCUT2D eigenvalue weighted by molar-refractivity contribution is 7.92. The molecule has 9 heteroatoms. The normalized spacial score (nSPS) is 12.0. The Labute approximate surface area is 217 Å². The molecule has 0 spiro atoms. The van der Waals surface area contributed by atoms with Crippen LogP contribution in [0, 0.1) is 13.8 Å². The predicted octanol–water partition coefficient (Wildman–Crippen LogP) is 4.32. The van der Waals surface area contributed by atoms with Gasteiger partial charge in [0, 0.05) is 18.6 Å². The fourth-order valence-electron chi connectivity index (χ4n) is 3.73. The lowest BCUT2D eigenvalue weighted by atomic mass is 10.1. The number of amides is 2. The molecule has 0 aliphatic rings. The molecule has 2 amide bonds. The first-order valence-corrected chi connectivity index (χ1v) is 13.3. The van der Waals surface area contributed by atoms with Crippen molar-refractivity contribution >= 4 is 39.1 Å². The highest BCUT2D eigenvalue weighted by Gasteiger charge is 2.32. The smallest absolute Gasteiger partial charge is 0.264 e. The van der Waals surface area contributed by atoms with Crippen molar-refractivity contribution in [3.8, 4) is 0 Å². The van der Waals surface area contributed by atoms with Crippen LogP contribution in [-0.4, -0.2) is 44.8 Å². The average molecular weight is 528 g/mol. The second-order valence-corrected chi connectivity index (χ2v) is 10.9. The Morgan fingerprint density at radius 1 is 0.944 bits per heavy atom. The summed E-state index contributed by atoms with van der Waals surface area (Å²) in [6.07, 6.45) is 0. The Morgan fingerprint density at radius 3 is 2.17 bits per heavy atom. The standard InChI is InChI=1S/C27H30ClN3O4S/c1-19-8-14-25(15-9-19)36(34,35)31(24-7-5-6-20(2)16-24)18-26(32)30(21(3)27(33)29-4)17-22-10-12-23(28)13-11-22/h5-16,21H,17-18H2,1-4H3,(H,29,33)/t21-/m1/s1. The number of carbonyl (C=O) groups is 2. The van der Waals surface area contributed by atoms with Crippen molar-refractivity contribution in [1.82, 2.24) is 10.2 Å². The van der Waals surface area contributed by atoms with Gasteiger partial charge in [0.1, 0.15) is 12.6 Å². The first-order valence-electron chi connectivity index (χ1n) is 11.4. The molecule has 0 unspecified atom stereocenters. The minimum absolute atomic E-state index is 0.0750. The number of halogens is 1. The van der Waals surface area contributed by atoms with E-state index >= 15 is 0 Å². The van der Waals surface area contributed by atoms with Gasteiger partial charge in [-0.25, -0.2) is 8.42 Å². The number of rotatable bonds is 9. The van der Waals surface area contributed by atoms with Crippen LogP contribution in [0.3, 0.4) is 0 Å². The van der Waals surface area contributed by atoms with Crippen molar-refractivity contribution in [2.45, 2.75) is 38.3 Å². The number of nitrogens with one attached hydrogen (secondary N) is 1. The lowest BCUT2D eigenvalue weighted by Crippen LogP contribution is -2.50. The Bertz CT molecular complexity index is 1330. The molecule has 3 aromatic rings. The summed E-state index contributed by atoms with van der Waals surface area (Å²) in [5.74, 6) is -0.876. The molecule has 1 N–H and O–H groups in total. The molecular weight excluding hydrogens is 498 g/mol. The van der Waals surface area contributed by atoms with Gasteiger partial charge in [0.25, 0.3) is 10.0 Å². The Morgan fingerprint density at radius 2 is 1.58 bits per heavy atom. The quantitative estimate of drug-likeness (QED) is 0.449. The van der Waals surface area contributed by atoms with E-state index in [-0.39, 0.29) is 17.3 Å². The third kappa shape index (κ3) is 6.44. The zero-order chi connectivity index (χ0) is 26.5. The van der Waals surface area contributed by atoms with Crippen LogP contribution in [0.4, 0.5) is 5.69 Å². The molecule has 0 fully saturated rings. The summed E-state index contributed by atoms with van der Waals surface area (Å²) < 4.78 is 28.6. The summed E-state index contributed by atoms with van der Waals surface area (Å²) in [7, 11) is -2.59. The molecule has 36 heavy (non-hydrogen) atoms. The minimum atomic E-state index is -4.08. The summed E-state index contributed by atoms with van der Waals surface area (Å²) >= 11 is 6.00. The highest BCUT2D eigenvalue weighted by Crippen LogP contribution is 2.25. The summed E-state index contributed by atoms with van der Waals surface area (Å²) in [6.45, 7) is 4.96. The van der Waals surface area contributed by atoms with Gasteiger partial charge in [0.05, 0.1) is 10.6 Å². The average Bonchev–Trinajstić information content (AvgIpc) is 2.86. The van der Waals surface area contributed by atoms with Crippen molar-refractivity contribution < 1.29 is 18.0 Å². The SMILES string of the molecule is CNC(=O)[C@@H](C)N(Cc1ccc(Cl)cc1)C(=O)CN(c1cccc(C)c1)S(=O)(=O)c1ccc(C)cc1. The Kier molecular flexibility index (Phi) is 8.76. The van der Waals surface area contributed by atoms with E-state index < -0.39 is 28.5 Å². The van der Waals surface area contributed by atoms with Crippen LogP contribution in [-0.2, 0) is 26.2 Å². The van der Waals surface area contributed by atoms with Gasteiger partial charge in [0.2, 0.25) is 11.8 Å². The van der Waals surface area contributed by atoms with Crippen LogP contribution in [0.2, 0.25) is 5.02 Å². The van der Waals surface area contributed by atoms with E-state index in [0.717, 1.165) is 21.0 Å². The maximum atomic E-state index is 13.7. The third-order valence-corrected chi connectivity index (χ3v) is 7.90. The topological polar surface area (TPSA) is 86.8 Å². The van der Waals surface area contributed by atoms with Crippen molar-refractivity contribution in [2.24, 2.45) is 0 Å². The minimum Gasteiger partial charge on any atom is -0.357 e. The van der Waals surface area contributed by atoms with E-state index in [4.69, 9.17) is 11.6 Å². The van der Waals surface area contributed by atoms with Gasteiger partial charge in [-0.15, -0.1) is 0 Å². The highest BCUT2D eigenvalue weighted by atomic mass is 35.5. The first-order chi connectivity index (χ1) is 17.0. The van der Waals surface area contributed by atoms with Crippen LogP contribution in [0.1, 0.15) is 23.6 Å². The second kappa shape index (κ2) is 11.6. The number of aryl methyl sites for hydroxylation is 2. The molecule has 190 valence electrons. The summed E-state index contributed by atoms with van der Waals surface area (Å²) in [5, 5.41) is 3.11. The molecule has 1 atom stereocenters. The van der Waals surface area contributed by atoms with E-state index in [1.54, 1.807) is 61.5 Å². The van der Waals surface area contributed by atoms with Gasteiger partial charge in [-0.2, -0.15) is 0 Å². The van der Waals surface area contributed by atoms with Gasteiger partial charge in [-0.05, 0) is 68.3 Å². The molecule has 0 radical (unpaired) electrons. The van der Waals surface area contributed by atoms with Crippen LogP contribution in [0.15, 0.2) is 77.7 Å². The number of likely N-dealkylation sites (N-methyl/N-ethyl adjacent to an activating group) is 1. The van der Waals surface area contributed by atoms with Crippen LogP contribution < -0.4 is 9.62 Å². The summed E-state index contributed by atoms with van der Waals surface area (Å²) in [6, 6.07) is 19.5. The zero-order valence-electron chi connectivity index (χ0n) is 20.7. The monoisotopic (exact) mass is 527 g/mol. The fourth-order valence-corrected chi connectivity index (χ4v) is 5.26. The van der Waals surface area contributed by atoms with Gasteiger partial charge < -0.3 is 10.2 Å². The number of sulfonamides is 1. The van der Waals surface area contributed by atoms with Crippen molar-refractivity contribution in [2.75, 3.05) is 17.9 Å². The molecule has 0 bridgehead atoms. The molecule has 0 aliphatic heterocycles. The molecule has 0 saturated heterocycles. The third-order valence-electron chi connectivity index (χ3n) is 5.86. The largest absolute Gasteiger partial charge is 0.357 e. The van der Waals surface area contributed by atoms with E-state index in [2.05, 4.69) is 5.32 Å². The summed E-state index contributed by atoms with van der Waals surface area (Å²) in [4.78, 5) is 27.6. The zero-order valence-corrected chi connectivity index (χ0v) is 22.3. The maximum Gasteiger partial charge on any atom is 0.264 e.